The highest BCUT2D eigenvalue weighted by Crippen LogP contribution is 2.43. The van der Waals surface area contributed by atoms with Gasteiger partial charge in [0.1, 0.15) is 0 Å². The fraction of sp³-hybridized carbons (Fsp3) is 0.294. The van der Waals surface area contributed by atoms with Crippen LogP contribution in [0.5, 0.6) is 0 Å². The van der Waals surface area contributed by atoms with Gasteiger partial charge in [0, 0.05) is 16.5 Å². The molecular weight excluding hydrogens is 291 g/mol. The Hall–Kier alpha value is -1.02. The normalized spacial score (nSPS) is 16.1. The Labute approximate surface area is 129 Å². The molecule has 1 saturated carbocycles. The summed E-state index contributed by atoms with van der Waals surface area (Å²) in [6.45, 7) is 0. The van der Waals surface area contributed by atoms with Gasteiger partial charge in [0.2, 0.25) is 0 Å². The monoisotopic (exact) mass is 306 g/mol. The van der Waals surface area contributed by atoms with E-state index in [9.17, 15) is 5.11 Å². The van der Waals surface area contributed by atoms with Crippen LogP contribution in [0.3, 0.4) is 0 Å². The second-order valence-corrected chi connectivity index (χ2v) is 6.20. The summed E-state index contributed by atoms with van der Waals surface area (Å²) in [5.41, 5.74) is 3.18. The van der Waals surface area contributed by atoms with Crippen LogP contribution in [0.4, 0.5) is 0 Å². The first-order valence-corrected chi connectivity index (χ1v) is 7.61. The molecular formula is C17H16Cl2O. The molecule has 1 aliphatic carbocycles. The number of aliphatic hydroxyl groups excluding tert-OH is 1. The van der Waals surface area contributed by atoms with Gasteiger partial charge in [-0.25, -0.2) is 0 Å². The van der Waals surface area contributed by atoms with Gasteiger partial charge in [-0.05, 0) is 53.6 Å². The predicted molar refractivity (Wildman–Crippen MR) is 83.5 cm³/mol. The molecule has 2 aromatic carbocycles. The maximum Gasteiger partial charge on any atom is 0.0833 e. The first-order chi connectivity index (χ1) is 9.65. The van der Waals surface area contributed by atoms with Gasteiger partial charge < -0.3 is 5.11 Å². The average Bonchev–Trinajstić information content (AvgIpc) is 3.27. The van der Waals surface area contributed by atoms with Crippen LogP contribution >= 0.6 is 23.2 Å². The Bertz CT molecular complexity index is 620. The Kier molecular flexibility index (Phi) is 4.02. The Morgan fingerprint density at radius 3 is 2.60 bits per heavy atom. The second kappa shape index (κ2) is 5.77. The highest BCUT2D eigenvalue weighted by Gasteiger charge is 2.27. The third-order valence-corrected chi connectivity index (χ3v) is 4.40. The highest BCUT2D eigenvalue weighted by molar-refractivity contribution is 6.33. The third-order valence-electron chi connectivity index (χ3n) is 3.79. The Balaban J connectivity index is 1.86. The second-order valence-electron chi connectivity index (χ2n) is 5.36. The van der Waals surface area contributed by atoms with Crippen LogP contribution in [-0.2, 0) is 6.42 Å². The number of hydrogen-bond acceptors (Lipinski definition) is 1. The van der Waals surface area contributed by atoms with E-state index in [1.165, 1.54) is 18.4 Å². The van der Waals surface area contributed by atoms with Gasteiger partial charge in [0.05, 0.1) is 6.10 Å². The minimum atomic E-state index is -0.539. The van der Waals surface area contributed by atoms with Crippen LogP contribution in [0.1, 0.15) is 41.6 Å². The summed E-state index contributed by atoms with van der Waals surface area (Å²) in [5.74, 6) is 0.621. The molecule has 0 spiro atoms. The van der Waals surface area contributed by atoms with Crippen molar-refractivity contribution in [1.82, 2.24) is 0 Å². The van der Waals surface area contributed by atoms with Gasteiger partial charge in [0.15, 0.2) is 0 Å². The first kappa shape index (κ1) is 13.9. The fourth-order valence-corrected chi connectivity index (χ4v) is 2.99. The minimum Gasteiger partial charge on any atom is -0.388 e. The summed E-state index contributed by atoms with van der Waals surface area (Å²) >= 11 is 12.2. The summed E-state index contributed by atoms with van der Waals surface area (Å²) in [6.07, 6.45) is 2.40. The molecule has 1 N–H and O–H groups in total. The smallest absolute Gasteiger partial charge is 0.0833 e. The lowest BCUT2D eigenvalue weighted by atomic mass is 9.95. The first-order valence-electron chi connectivity index (χ1n) is 6.86. The van der Waals surface area contributed by atoms with E-state index in [4.69, 9.17) is 23.2 Å². The highest BCUT2D eigenvalue weighted by atomic mass is 35.5. The fourth-order valence-electron chi connectivity index (χ4n) is 2.60. The van der Waals surface area contributed by atoms with E-state index >= 15 is 0 Å². The molecule has 0 aromatic heterocycles. The maximum atomic E-state index is 10.5. The van der Waals surface area contributed by atoms with Gasteiger partial charge in [-0.2, -0.15) is 0 Å². The lowest BCUT2D eigenvalue weighted by Crippen LogP contribution is -2.05. The molecule has 3 heteroatoms. The van der Waals surface area contributed by atoms with Crippen LogP contribution in [0.15, 0.2) is 42.5 Å². The summed E-state index contributed by atoms with van der Waals surface area (Å²) in [7, 11) is 0. The van der Waals surface area contributed by atoms with Crippen molar-refractivity contribution in [3.63, 3.8) is 0 Å². The van der Waals surface area contributed by atoms with Crippen LogP contribution < -0.4 is 0 Å². The zero-order chi connectivity index (χ0) is 14.1. The summed E-state index contributed by atoms with van der Waals surface area (Å²) in [6, 6.07) is 13.5. The summed E-state index contributed by atoms with van der Waals surface area (Å²) in [4.78, 5) is 0. The zero-order valence-electron chi connectivity index (χ0n) is 11.0. The number of halogens is 2. The van der Waals surface area contributed by atoms with E-state index in [1.807, 2.05) is 24.3 Å². The van der Waals surface area contributed by atoms with Gasteiger partial charge in [-0.1, -0.05) is 47.5 Å². The van der Waals surface area contributed by atoms with Crippen molar-refractivity contribution < 1.29 is 5.11 Å². The molecule has 104 valence electrons. The van der Waals surface area contributed by atoms with Crippen molar-refractivity contribution in [2.24, 2.45) is 0 Å². The van der Waals surface area contributed by atoms with Crippen molar-refractivity contribution in [3.8, 4) is 0 Å². The molecule has 2 aromatic rings. The number of rotatable bonds is 4. The topological polar surface area (TPSA) is 20.2 Å². The molecule has 1 aliphatic rings. The zero-order valence-corrected chi connectivity index (χ0v) is 12.5. The van der Waals surface area contributed by atoms with Crippen LogP contribution in [0, 0.1) is 0 Å². The minimum absolute atomic E-state index is 0.489. The van der Waals surface area contributed by atoms with Crippen molar-refractivity contribution in [3.05, 3.63) is 69.2 Å². The van der Waals surface area contributed by atoms with Crippen LogP contribution in [-0.4, -0.2) is 5.11 Å². The lowest BCUT2D eigenvalue weighted by Gasteiger charge is -2.16. The van der Waals surface area contributed by atoms with Crippen molar-refractivity contribution in [1.29, 1.82) is 0 Å². The summed E-state index contributed by atoms with van der Waals surface area (Å²) in [5, 5.41) is 11.8. The molecule has 0 heterocycles. The molecule has 0 saturated heterocycles. The van der Waals surface area contributed by atoms with Gasteiger partial charge in [-0.15, -0.1) is 0 Å². The molecule has 0 radical (unpaired) electrons. The molecule has 1 nitrogen and oxygen atoms in total. The van der Waals surface area contributed by atoms with Crippen LogP contribution in [0.2, 0.25) is 10.0 Å². The molecule has 3 rings (SSSR count). The molecule has 1 unspecified atom stereocenters. The predicted octanol–water partition coefficient (Wildman–Crippen LogP) is 5.15. The van der Waals surface area contributed by atoms with E-state index in [-0.39, 0.29) is 0 Å². The molecule has 20 heavy (non-hydrogen) atoms. The largest absolute Gasteiger partial charge is 0.388 e. The Morgan fingerprint density at radius 2 is 1.85 bits per heavy atom. The van der Waals surface area contributed by atoms with Gasteiger partial charge >= 0.3 is 0 Å². The van der Waals surface area contributed by atoms with E-state index < -0.39 is 6.10 Å². The average molecular weight is 307 g/mol. The van der Waals surface area contributed by atoms with E-state index in [0.717, 1.165) is 11.1 Å². The van der Waals surface area contributed by atoms with Crippen molar-refractivity contribution in [2.75, 3.05) is 0 Å². The molecule has 0 aliphatic heterocycles. The third kappa shape index (κ3) is 3.01. The molecule has 0 bridgehead atoms. The lowest BCUT2D eigenvalue weighted by molar-refractivity contribution is 0.177. The number of aliphatic hydroxyl groups is 1. The van der Waals surface area contributed by atoms with E-state index in [2.05, 4.69) is 6.07 Å². The quantitative estimate of drug-likeness (QED) is 0.828. The van der Waals surface area contributed by atoms with Crippen molar-refractivity contribution in [2.45, 2.75) is 31.3 Å². The van der Waals surface area contributed by atoms with Crippen molar-refractivity contribution >= 4 is 23.2 Å². The van der Waals surface area contributed by atoms with E-state index in [1.54, 1.807) is 12.1 Å². The maximum absolute atomic E-state index is 10.5. The number of benzene rings is 2. The molecule has 1 atom stereocenters. The summed E-state index contributed by atoms with van der Waals surface area (Å²) < 4.78 is 0. The van der Waals surface area contributed by atoms with E-state index in [0.29, 0.717) is 22.4 Å². The Morgan fingerprint density at radius 1 is 1.10 bits per heavy atom. The standard InChI is InChI=1S/C17H16Cl2O/c18-13-7-8-16(19)12(9-13)10-17(20)15-4-2-1-3-14(15)11-5-6-11/h1-4,7-9,11,17,20H,5-6,10H2. The SMILES string of the molecule is OC(Cc1cc(Cl)ccc1Cl)c1ccccc1C1CC1. The van der Waals surface area contributed by atoms with Gasteiger partial charge in [0.25, 0.3) is 0 Å². The molecule has 1 fully saturated rings. The number of hydrogen-bond donors (Lipinski definition) is 1. The van der Waals surface area contributed by atoms with Gasteiger partial charge in [-0.3, -0.25) is 0 Å². The van der Waals surface area contributed by atoms with Crippen LogP contribution in [0.25, 0.3) is 0 Å². The molecule has 0 amide bonds.